The van der Waals surface area contributed by atoms with Crippen molar-refractivity contribution in [1.82, 2.24) is 10.2 Å². The molecule has 3 aromatic carbocycles. The number of nitrogens with zero attached hydrogens (tertiary/aromatic N) is 2. The molecule has 208 valence electrons. The lowest BCUT2D eigenvalue weighted by Crippen LogP contribution is -2.50. The van der Waals surface area contributed by atoms with E-state index in [0.717, 1.165) is 22.3 Å². The summed E-state index contributed by atoms with van der Waals surface area (Å²) in [7, 11) is -3.54. The first-order chi connectivity index (χ1) is 18.6. The molecule has 0 heterocycles. The lowest BCUT2D eigenvalue weighted by atomic mass is 10.0. The Labute approximate surface area is 232 Å². The van der Waals surface area contributed by atoms with Gasteiger partial charge >= 0.3 is 0 Å². The zero-order valence-corrected chi connectivity index (χ0v) is 24.1. The van der Waals surface area contributed by atoms with Crippen LogP contribution >= 0.6 is 0 Å². The van der Waals surface area contributed by atoms with Crippen LogP contribution in [0.2, 0.25) is 0 Å². The Kier molecular flexibility index (Phi) is 10.7. The van der Waals surface area contributed by atoms with Gasteiger partial charge in [0.25, 0.3) is 0 Å². The molecule has 7 nitrogen and oxygen atoms in total. The molecule has 3 aromatic rings. The number of anilines is 1. The topological polar surface area (TPSA) is 86.8 Å². The second kappa shape index (κ2) is 13.9. The van der Waals surface area contributed by atoms with Crippen molar-refractivity contribution in [2.45, 2.75) is 52.6 Å². The molecule has 1 N–H and O–H groups in total. The molecule has 0 bridgehead atoms. The van der Waals surface area contributed by atoms with Crippen LogP contribution in [0.3, 0.4) is 0 Å². The summed E-state index contributed by atoms with van der Waals surface area (Å²) in [6.07, 6.45) is 1.97. The van der Waals surface area contributed by atoms with Crippen LogP contribution in [0, 0.1) is 13.8 Å². The van der Waals surface area contributed by atoms with Crippen LogP contribution in [0.25, 0.3) is 0 Å². The summed E-state index contributed by atoms with van der Waals surface area (Å²) in [5.41, 5.74) is 4.52. The average molecular weight is 550 g/mol. The standard InChI is InChI=1S/C31H39N3O4S/c1-5-32-31(36)29(22-26-12-7-6-8-13-26)33(23-27-18-16-24(2)17-19-27)30(35)15-10-20-34(39(4,37)38)28-14-9-11-25(3)21-28/h6-9,11-14,16-19,21,29H,5,10,15,20,22-23H2,1-4H3,(H,32,36)/t29-/m0/s1. The number of carbonyl (C=O) groups is 2. The van der Waals surface area contributed by atoms with Crippen LogP contribution in [-0.4, -0.2) is 50.5 Å². The van der Waals surface area contributed by atoms with Gasteiger partial charge in [-0.3, -0.25) is 13.9 Å². The minimum absolute atomic E-state index is 0.106. The van der Waals surface area contributed by atoms with Crippen molar-refractivity contribution in [2.75, 3.05) is 23.7 Å². The summed E-state index contributed by atoms with van der Waals surface area (Å²) in [5, 5.41) is 2.90. The van der Waals surface area contributed by atoms with Gasteiger partial charge in [-0.15, -0.1) is 0 Å². The summed E-state index contributed by atoms with van der Waals surface area (Å²) in [4.78, 5) is 28.7. The number of rotatable bonds is 13. The number of amides is 2. The molecule has 0 aliphatic rings. The number of carbonyl (C=O) groups excluding carboxylic acids is 2. The third kappa shape index (κ3) is 8.96. The highest BCUT2D eigenvalue weighted by atomic mass is 32.2. The zero-order chi connectivity index (χ0) is 28.4. The lowest BCUT2D eigenvalue weighted by Gasteiger charge is -2.32. The molecule has 0 saturated carbocycles. The molecule has 2 amide bonds. The predicted molar refractivity (Wildman–Crippen MR) is 157 cm³/mol. The van der Waals surface area contributed by atoms with Gasteiger partial charge in [-0.05, 0) is 56.0 Å². The van der Waals surface area contributed by atoms with Gasteiger partial charge in [-0.1, -0.05) is 72.3 Å². The van der Waals surface area contributed by atoms with Gasteiger partial charge in [-0.25, -0.2) is 8.42 Å². The average Bonchev–Trinajstić information content (AvgIpc) is 2.89. The Balaban J connectivity index is 1.85. The zero-order valence-electron chi connectivity index (χ0n) is 23.3. The fourth-order valence-electron chi connectivity index (χ4n) is 4.52. The van der Waals surface area contributed by atoms with Gasteiger partial charge in [0, 0.05) is 32.5 Å². The van der Waals surface area contributed by atoms with E-state index in [2.05, 4.69) is 5.32 Å². The summed E-state index contributed by atoms with van der Waals surface area (Å²) in [5.74, 6) is -0.403. The second-order valence-corrected chi connectivity index (χ2v) is 11.8. The van der Waals surface area contributed by atoms with Crippen LogP contribution in [0.15, 0.2) is 78.9 Å². The minimum Gasteiger partial charge on any atom is -0.355 e. The Morgan fingerprint density at radius 3 is 2.18 bits per heavy atom. The summed E-state index contributed by atoms with van der Waals surface area (Å²) in [6.45, 7) is 6.66. The number of sulfonamides is 1. The van der Waals surface area contributed by atoms with Crippen LogP contribution in [0.5, 0.6) is 0 Å². The first kappa shape index (κ1) is 29.9. The lowest BCUT2D eigenvalue weighted by molar-refractivity contribution is -0.141. The molecule has 0 radical (unpaired) electrons. The largest absolute Gasteiger partial charge is 0.355 e. The Hall–Kier alpha value is -3.65. The number of nitrogens with one attached hydrogen (secondary N) is 1. The minimum atomic E-state index is -3.54. The van der Waals surface area contributed by atoms with Crippen molar-refractivity contribution in [3.8, 4) is 0 Å². The molecule has 3 rings (SSSR count). The van der Waals surface area contributed by atoms with Crippen LogP contribution < -0.4 is 9.62 Å². The van der Waals surface area contributed by atoms with E-state index in [4.69, 9.17) is 0 Å². The highest BCUT2D eigenvalue weighted by molar-refractivity contribution is 7.92. The Bertz CT molecular complexity index is 1340. The fourth-order valence-corrected chi connectivity index (χ4v) is 5.48. The second-order valence-electron chi connectivity index (χ2n) is 9.89. The maximum atomic E-state index is 13.8. The summed E-state index contributed by atoms with van der Waals surface area (Å²) >= 11 is 0. The highest BCUT2D eigenvalue weighted by Gasteiger charge is 2.30. The van der Waals surface area contributed by atoms with E-state index in [1.807, 2.05) is 93.6 Å². The van der Waals surface area contributed by atoms with E-state index in [1.165, 1.54) is 10.6 Å². The molecule has 0 aliphatic heterocycles. The van der Waals surface area contributed by atoms with Crippen molar-refractivity contribution in [3.05, 3.63) is 101 Å². The number of hydrogen-bond acceptors (Lipinski definition) is 4. The third-order valence-electron chi connectivity index (χ3n) is 6.54. The number of aryl methyl sites for hydroxylation is 2. The molecule has 8 heteroatoms. The normalized spacial score (nSPS) is 12.0. The summed E-state index contributed by atoms with van der Waals surface area (Å²) < 4.78 is 26.5. The van der Waals surface area contributed by atoms with Gasteiger partial charge in [0.1, 0.15) is 6.04 Å². The van der Waals surface area contributed by atoms with E-state index in [0.29, 0.717) is 25.1 Å². The fraction of sp³-hybridized carbons (Fsp3) is 0.355. The van der Waals surface area contributed by atoms with Crippen molar-refractivity contribution >= 4 is 27.5 Å². The van der Waals surface area contributed by atoms with Gasteiger partial charge in [0.2, 0.25) is 21.8 Å². The summed E-state index contributed by atoms with van der Waals surface area (Å²) in [6, 6.07) is 24.2. The predicted octanol–water partition coefficient (Wildman–Crippen LogP) is 4.63. The quantitative estimate of drug-likeness (QED) is 0.337. The van der Waals surface area contributed by atoms with E-state index in [-0.39, 0.29) is 31.3 Å². The molecule has 0 fully saturated rings. The first-order valence-corrected chi connectivity index (χ1v) is 15.1. The first-order valence-electron chi connectivity index (χ1n) is 13.3. The van der Waals surface area contributed by atoms with Crippen LogP contribution in [0.4, 0.5) is 5.69 Å². The van der Waals surface area contributed by atoms with Gasteiger partial charge < -0.3 is 10.2 Å². The molecule has 1 atom stereocenters. The van der Waals surface area contributed by atoms with Crippen molar-refractivity contribution in [2.24, 2.45) is 0 Å². The Morgan fingerprint density at radius 2 is 1.56 bits per heavy atom. The third-order valence-corrected chi connectivity index (χ3v) is 7.73. The molecule has 0 aliphatic carbocycles. The monoisotopic (exact) mass is 549 g/mol. The van der Waals surface area contributed by atoms with Crippen molar-refractivity contribution in [3.63, 3.8) is 0 Å². The molecule has 0 spiro atoms. The number of benzene rings is 3. The molecular weight excluding hydrogens is 510 g/mol. The molecule has 39 heavy (non-hydrogen) atoms. The van der Waals surface area contributed by atoms with Crippen LogP contribution in [-0.2, 0) is 32.6 Å². The van der Waals surface area contributed by atoms with E-state index < -0.39 is 16.1 Å². The maximum Gasteiger partial charge on any atom is 0.243 e. The van der Waals surface area contributed by atoms with Crippen molar-refractivity contribution < 1.29 is 18.0 Å². The van der Waals surface area contributed by atoms with E-state index in [1.54, 1.807) is 11.0 Å². The highest BCUT2D eigenvalue weighted by Crippen LogP contribution is 2.21. The van der Waals surface area contributed by atoms with Gasteiger partial charge in [0.05, 0.1) is 11.9 Å². The number of likely N-dealkylation sites (N-methyl/N-ethyl adjacent to an activating group) is 1. The molecule has 0 aromatic heterocycles. The SMILES string of the molecule is CCNC(=O)[C@H](Cc1ccccc1)N(Cc1ccc(C)cc1)C(=O)CCCN(c1cccc(C)c1)S(C)(=O)=O. The van der Waals surface area contributed by atoms with Gasteiger partial charge in [0.15, 0.2) is 0 Å². The number of hydrogen-bond donors (Lipinski definition) is 1. The van der Waals surface area contributed by atoms with Crippen molar-refractivity contribution in [1.29, 1.82) is 0 Å². The Morgan fingerprint density at radius 1 is 0.872 bits per heavy atom. The van der Waals surface area contributed by atoms with Gasteiger partial charge in [-0.2, -0.15) is 0 Å². The smallest absolute Gasteiger partial charge is 0.243 e. The maximum absolute atomic E-state index is 13.8. The van der Waals surface area contributed by atoms with Crippen LogP contribution in [0.1, 0.15) is 42.0 Å². The molecule has 0 saturated heterocycles. The van der Waals surface area contributed by atoms with E-state index in [9.17, 15) is 18.0 Å². The molecule has 0 unspecified atom stereocenters. The molecular formula is C31H39N3O4S. The van der Waals surface area contributed by atoms with E-state index >= 15 is 0 Å².